The third-order valence-electron chi connectivity index (χ3n) is 8.04. The standard InChI is InChI=1S/C44H71NO7/c1-6-8-10-12-14-16-17-18-19-20-21-22-23-24-25-27-28-30-32-34-42(46)51-39-40(38-50-37-36-41(44(48)49)45(3,4)5)52-43(47)35-33-31-29-26-15-13-11-9-7-2/h8,10,14,16,18-19,21-22,24-26,28-30,40-41H,6-7,9,11-13,15,17,20,23,27,31-39H2,1-5H3/p+1/b10-8+,16-14+,19-18+,22-21+,25-24+,29-26+,30-28+. The Morgan fingerprint density at radius 1 is 0.596 bits per heavy atom. The summed E-state index contributed by atoms with van der Waals surface area (Å²) in [5, 5.41) is 9.57. The molecule has 52 heavy (non-hydrogen) atoms. The number of hydrogen-bond acceptors (Lipinski definition) is 6. The number of hydrogen-bond donors (Lipinski definition) is 1. The number of carbonyl (C=O) groups excluding carboxylic acids is 2. The van der Waals surface area contributed by atoms with Crippen molar-refractivity contribution in [3.8, 4) is 0 Å². The van der Waals surface area contributed by atoms with E-state index < -0.39 is 18.1 Å². The van der Waals surface area contributed by atoms with Crippen molar-refractivity contribution in [2.45, 2.75) is 135 Å². The Morgan fingerprint density at radius 3 is 1.63 bits per heavy atom. The fourth-order valence-electron chi connectivity index (χ4n) is 5.00. The summed E-state index contributed by atoms with van der Waals surface area (Å²) in [5.74, 6) is -1.63. The van der Waals surface area contributed by atoms with Crippen LogP contribution in [0.15, 0.2) is 85.1 Å². The first kappa shape index (κ1) is 48.5. The lowest BCUT2D eigenvalue weighted by atomic mass is 10.1. The number of quaternary nitrogens is 1. The van der Waals surface area contributed by atoms with Crippen molar-refractivity contribution in [2.24, 2.45) is 0 Å². The summed E-state index contributed by atoms with van der Waals surface area (Å²) in [5.41, 5.74) is 0. The molecular weight excluding hydrogens is 654 g/mol. The quantitative estimate of drug-likeness (QED) is 0.0311. The lowest BCUT2D eigenvalue weighted by Crippen LogP contribution is -2.50. The van der Waals surface area contributed by atoms with Gasteiger partial charge in [0.2, 0.25) is 0 Å². The second kappa shape index (κ2) is 34.6. The zero-order valence-electron chi connectivity index (χ0n) is 33.2. The molecule has 2 unspecified atom stereocenters. The van der Waals surface area contributed by atoms with E-state index in [1.807, 2.05) is 33.3 Å². The number of carbonyl (C=O) groups is 3. The van der Waals surface area contributed by atoms with Crippen LogP contribution in [-0.2, 0) is 28.6 Å². The Kier molecular flexibility index (Phi) is 32.3. The van der Waals surface area contributed by atoms with Crippen molar-refractivity contribution in [3.63, 3.8) is 0 Å². The molecule has 0 bridgehead atoms. The van der Waals surface area contributed by atoms with Gasteiger partial charge in [0, 0.05) is 19.3 Å². The first-order valence-electron chi connectivity index (χ1n) is 19.6. The lowest BCUT2D eigenvalue weighted by Gasteiger charge is -2.31. The zero-order chi connectivity index (χ0) is 38.5. The highest BCUT2D eigenvalue weighted by molar-refractivity contribution is 5.72. The molecule has 0 aliphatic rings. The number of esters is 2. The van der Waals surface area contributed by atoms with E-state index in [4.69, 9.17) is 14.2 Å². The van der Waals surface area contributed by atoms with Gasteiger partial charge in [-0.15, -0.1) is 0 Å². The van der Waals surface area contributed by atoms with Gasteiger partial charge in [0.1, 0.15) is 6.61 Å². The molecule has 0 aromatic rings. The van der Waals surface area contributed by atoms with Gasteiger partial charge in [0.15, 0.2) is 12.1 Å². The van der Waals surface area contributed by atoms with E-state index in [-0.39, 0.29) is 49.1 Å². The molecule has 8 heteroatoms. The molecule has 0 radical (unpaired) electrons. The van der Waals surface area contributed by atoms with E-state index in [0.717, 1.165) is 51.4 Å². The number of carboxylic acid groups (broad SMARTS) is 1. The summed E-state index contributed by atoms with van der Waals surface area (Å²) in [6.45, 7) is 4.44. The number of ether oxygens (including phenoxy) is 3. The van der Waals surface area contributed by atoms with Crippen molar-refractivity contribution >= 4 is 17.9 Å². The number of carboxylic acids is 1. The van der Waals surface area contributed by atoms with Crippen LogP contribution >= 0.6 is 0 Å². The minimum atomic E-state index is -0.894. The van der Waals surface area contributed by atoms with Crippen LogP contribution in [0.5, 0.6) is 0 Å². The minimum Gasteiger partial charge on any atom is -0.477 e. The van der Waals surface area contributed by atoms with E-state index in [0.29, 0.717) is 19.3 Å². The van der Waals surface area contributed by atoms with Gasteiger partial charge < -0.3 is 23.8 Å². The van der Waals surface area contributed by atoms with Crippen molar-refractivity contribution in [3.05, 3.63) is 85.1 Å². The van der Waals surface area contributed by atoms with Crippen molar-refractivity contribution in [2.75, 3.05) is 41.0 Å². The molecule has 0 heterocycles. The molecule has 0 fully saturated rings. The predicted octanol–water partition coefficient (Wildman–Crippen LogP) is 10.2. The maximum atomic E-state index is 12.6. The largest absolute Gasteiger partial charge is 0.477 e. The SMILES string of the molecule is CC/C=C/C/C=C/C/C=C/C/C=C/C/C=C/C/C=C/CCC(=O)OCC(COCCC(C(=O)O)[N+](C)(C)C)OC(=O)CCC/C=C/CCCCCC. The van der Waals surface area contributed by atoms with Crippen molar-refractivity contribution in [1.29, 1.82) is 0 Å². The number of likely N-dealkylation sites (N-methyl/N-ethyl adjacent to an activating group) is 1. The highest BCUT2D eigenvalue weighted by Gasteiger charge is 2.31. The maximum absolute atomic E-state index is 12.6. The van der Waals surface area contributed by atoms with Gasteiger partial charge in [-0.3, -0.25) is 9.59 Å². The topological polar surface area (TPSA) is 99.1 Å². The number of rotatable bonds is 33. The summed E-state index contributed by atoms with van der Waals surface area (Å²) >= 11 is 0. The van der Waals surface area contributed by atoms with Gasteiger partial charge in [-0.2, -0.15) is 0 Å². The fraction of sp³-hybridized carbons (Fsp3) is 0.614. The summed E-state index contributed by atoms with van der Waals surface area (Å²) in [6.07, 6.45) is 43.7. The lowest BCUT2D eigenvalue weighted by molar-refractivity contribution is -0.887. The maximum Gasteiger partial charge on any atom is 0.362 e. The van der Waals surface area contributed by atoms with E-state index in [2.05, 4.69) is 86.8 Å². The minimum absolute atomic E-state index is 0.0211. The normalized spacial score (nSPS) is 13.9. The molecule has 0 spiro atoms. The van der Waals surface area contributed by atoms with Crippen LogP contribution in [0, 0.1) is 0 Å². The first-order chi connectivity index (χ1) is 25.1. The van der Waals surface area contributed by atoms with Crippen molar-refractivity contribution < 1.29 is 38.2 Å². The Bertz CT molecular complexity index is 1120. The molecule has 294 valence electrons. The third-order valence-corrected chi connectivity index (χ3v) is 8.04. The Labute approximate surface area is 316 Å². The van der Waals surface area contributed by atoms with E-state index in [9.17, 15) is 19.5 Å². The number of allylic oxidation sites excluding steroid dienone is 14. The van der Waals surface area contributed by atoms with Crippen LogP contribution < -0.4 is 0 Å². The average Bonchev–Trinajstić information content (AvgIpc) is 3.09. The highest BCUT2D eigenvalue weighted by Crippen LogP contribution is 2.10. The molecule has 0 aliphatic heterocycles. The van der Waals surface area contributed by atoms with E-state index >= 15 is 0 Å². The van der Waals surface area contributed by atoms with E-state index in [1.54, 1.807) is 0 Å². The summed E-state index contributed by atoms with van der Waals surface area (Å²) < 4.78 is 17.0. The molecule has 1 N–H and O–H groups in total. The molecule has 0 amide bonds. The Balaban J connectivity index is 4.52. The molecule has 0 rings (SSSR count). The van der Waals surface area contributed by atoms with Crippen LogP contribution in [-0.4, -0.2) is 80.6 Å². The zero-order valence-corrected chi connectivity index (χ0v) is 33.2. The van der Waals surface area contributed by atoms with Gasteiger partial charge in [0.05, 0.1) is 34.4 Å². The summed E-state index contributed by atoms with van der Waals surface area (Å²) in [6, 6.07) is -0.632. The third kappa shape index (κ3) is 32.4. The summed E-state index contributed by atoms with van der Waals surface area (Å²) in [7, 11) is 5.47. The number of aliphatic carboxylic acids is 1. The van der Waals surface area contributed by atoms with Crippen LogP contribution in [0.1, 0.15) is 123 Å². The summed E-state index contributed by atoms with van der Waals surface area (Å²) in [4.78, 5) is 36.7. The number of unbranched alkanes of at least 4 members (excludes halogenated alkanes) is 5. The first-order valence-corrected chi connectivity index (χ1v) is 19.6. The molecular formula is C44H72NO7+. The van der Waals surface area contributed by atoms with Gasteiger partial charge >= 0.3 is 17.9 Å². The van der Waals surface area contributed by atoms with Crippen LogP contribution in [0.25, 0.3) is 0 Å². The number of nitrogens with zero attached hydrogens (tertiary/aromatic N) is 1. The molecule has 8 nitrogen and oxygen atoms in total. The highest BCUT2D eigenvalue weighted by atomic mass is 16.6. The second-order valence-corrected chi connectivity index (χ2v) is 13.8. The Morgan fingerprint density at radius 2 is 1.12 bits per heavy atom. The molecule has 0 aromatic carbocycles. The van der Waals surface area contributed by atoms with Crippen molar-refractivity contribution in [1.82, 2.24) is 0 Å². The van der Waals surface area contributed by atoms with Crippen LogP contribution in [0.2, 0.25) is 0 Å². The van der Waals surface area contributed by atoms with Gasteiger partial charge in [-0.1, -0.05) is 118 Å². The average molecular weight is 727 g/mol. The molecule has 0 aliphatic carbocycles. The fourth-order valence-corrected chi connectivity index (χ4v) is 5.00. The second-order valence-electron chi connectivity index (χ2n) is 13.8. The van der Waals surface area contributed by atoms with Crippen LogP contribution in [0.4, 0.5) is 0 Å². The molecule has 0 saturated carbocycles. The molecule has 0 saturated heterocycles. The monoisotopic (exact) mass is 727 g/mol. The van der Waals surface area contributed by atoms with Crippen LogP contribution in [0.3, 0.4) is 0 Å². The smallest absolute Gasteiger partial charge is 0.362 e. The van der Waals surface area contributed by atoms with Gasteiger partial charge in [-0.05, 0) is 70.6 Å². The molecule has 0 aromatic heterocycles. The predicted molar refractivity (Wildman–Crippen MR) is 215 cm³/mol. The van der Waals surface area contributed by atoms with Gasteiger partial charge in [-0.25, -0.2) is 4.79 Å². The van der Waals surface area contributed by atoms with Gasteiger partial charge in [0.25, 0.3) is 0 Å². The Hall–Kier alpha value is -3.49. The molecule has 2 atom stereocenters. The van der Waals surface area contributed by atoms with E-state index in [1.165, 1.54) is 25.7 Å².